The third-order valence-electron chi connectivity index (χ3n) is 4.18. The van der Waals surface area contributed by atoms with Crippen molar-refractivity contribution in [2.75, 3.05) is 31.9 Å². The van der Waals surface area contributed by atoms with Crippen LogP contribution in [-0.4, -0.2) is 50.8 Å². The Bertz CT molecular complexity index is 896. The zero-order chi connectivity index (χ0) is 18.7. The largest absolute Gasteiger partial charge is 0.301 e. The van der Waals surface area contributed by atoms with Gasteiger partial charge < -0.3 is 0 Å². The lowest BCUT2D eigenvalue weighted by Gasteiger charge is -2.14. The van der Waals surface area contributed by atoms with Gasteiger partial charge in [-0.05, 0) is 29.7 Å². The van der Waals surface area contributed by atoms with Gasteiger partial charge in [0.25, 0.3) is 0 Å². The van der Waals surface area contributed by atoms with E-state index in [9.17, 15) is 8.42 Å². The Balaban J connectivity index is 0.00000261. The highest BCUT2D eigenvalue weighted by atomic mass is 35.5. The average Bonchev–Trinajstić information content (AvgIpc) is 3.03. The first kappa shape index (κ1) is 21.2. The molecule has 3 N–H and O–H groups in total. The third-order valence-corrected chi connectivity index (χ3v) is 5.63. The molecule has 0 fully saturated rings. The van der Waals surface area contributed by atoms with E-state index >= 15 is 0 Å². The summed E-state index contributed by atoms with van der Waals surface area (Å²) >= 11 is 0. The van der Waals surface area contributed by atoms with Gasteiger partial charge >= 0.3 is 10.2 Å². The number of amidine groups is 1. The Morgan fingerprint density at radius 1 is 1.07 bits per heavy atom. The molecule has 2 aromatic rings. The Morgan fingerprint density at radius 2 is 1.63 bits per heavy atom. The van der Waals surface area contributed by atoms with E-state index in [1.54, 1.807) is 17.1 Å². The molecule has 0 spiro atoms. The van der Waals surface area contributed by atoms with Crippen LogP contribution < -0.4 is 10.6 Å². The fourth-order valence-electron chi connectivity index (χ4n) is 2.66. The number of nitrogens with zero attached hydrogens (tertiary/aromatic N) is 3. The lowest BCUT2D eigenvalue weighted by atomic mass is 10.0. The van der Waals surface area contributed by atoms with Gasteiger partial charge in [0.1, 0.15) is 5.84 Å². The Hall–Kier alpha value is -2.13. The minimum atomic E-state index is -3.48. The molecule has 146 valence electrons. The smallest absolute Gasteiger partial charge is 0.293 e. The van der Waals surface area contributed by atoms with Crippen LogP contribution in [0.3, 0.4) is 0 Å². The lowest BCUT2D eigenvalue weighted by molar-refractivity contribution is 0.484. The summed E-state index contributed by atoms with van der Waals surface area (Å²) in [4.78, 5) is 4.41. The van der Waals surface area contributed by atoms with Gasteiger partial charge in [-0.25, -0.2) is 5.84 Å². The molecule has 2 aromatic carbocycles. The molecule has 0 saturated carbocycles. The third kappa shape index (κ3) is 5.20. The van der Waals surface area contributed by atoms with Crippen LogP contribution in [0.2, 0.25) is 0 Å². The van der Waals surface area contributed by atoms with E-state index in [0.29, 0.717) is 5.69 Å². The molecule has 0 unspecified atom stereocenters. The molecular formula is C18H24ClN5O2S. The average molecular weight is 410 g/mol. The molecule has 0 saturated heterocycles. The van der Waals surface area contributed by atoms with Gasteiger partial charge in [-0.2, -0.15) is 12.7 Å². The second kappa shape index (κ2) is 8.71. The number of nitrogens with one attached hydrogen (secondary N) is 1. The summed E-state index contributed by atoms with van der Waals surface area (Å²) in [6.45, 7) is 1.48. The van der Waals surface area contributed by atoms with Crippen molar-refractivity contribution in [3.8, 4) is 0 Å². The number of aliphatic imine (C=N–C) groups is 1. The fourth-order valence-corrected chi connectivity index (χ4v) is 3.27. The highest BCUT2D eigenvalue weighted by molar-refractivity contribution is 7.90. The van der Waals surface area contributed by atoms with Crippen LogP contribution in [-0.2, 0) is 16.6 Å². The van der Waals surface area contributed by atoms with Gasteiger partial charge in [0.2, 0.25) is 0 Å². The van der Waals surface area contributed by atoms with Crippen LogP contribution in [0, 0.1) is 0 Å². The Kier molecular flexibility index (Phi) is 6.83. The van der Waals surface area contributed by atoms with E-state index in [-0.39, 0.29) is 12.4 Å². The zero-order valence-electron chi connectivity index (χ0n) is 15.3. The van der Waals surface area contributed by atoms with E-state index in [1.165, 1.54) is 14.1 Å². The summed E-state index contributed by atoms with van der Waals surface area (Å²) in [6, 6.07) is 15.6. The predicted molar refractivity (Wildman–Crippen MR) is 111 cm³/mol. The molecule has 0 bridgehead atoms. The topological polar surface area (TPSA) is 91.0 Å². The molecule has 27 heavy (non-hydrogen) atoms. The molecule has 3 rings (SSSR count). The van der Waals surface area contributed by atoms with Crippen molar-refractivity contribution < 1.29 is 8.42 Å². The van der Waals surface area contributed by atoms with E-state index in [1.807, 2.05) is 24.3 Å². The maximum absolute atomic E-state index is 11.8. The van der Waals surface area contributed by atoms with Gasteiger partial charge in [-0.1, -0.05) is 36.4 Å². The number of halogens is 1. The zero-order valence-corrected chi connectivity index (χ0v) is 16.9. The van der Waals surface area contributed by atoms with Crippen LogP contribution in [0.1, 0.15) is 16.7 Å². The van der Waals surface area contributed by atoms with E-state index < -0.39 is 10.2 Å². The number of hydrogen-bond acceptors (Lipinski definition) is 5. The van der Waals surface area contributed by atoms with Gasteiger partial charge in [-0.15, -0.1) is 12.4 Å². The highest BCUT2D eigenvalue weighted by Crippen LogP contribution is 2.17. The highest BCUT2D eigenvalue weighted by Gasteiger charge is 2.15. The number of anilines is 1. The van der Waals surface area contributed by atoms with Crippen molar-refractivity contribution in [1.29, 1.82) is 0 Å². The minimum Gasteiger partial charge on any atom is -0.293 e. The van der Waals surface area contributed by atoms with Gasteiger partial charge in [0, 0.05) is 25.3 Å². The Labute approximate surface area is 166 Å². The lowest BCUT2D eigenvalue weighted by Crippen LogP contribution is -2.34. The first-order valence-corrected chi connectivity index (χ1v) is 9.74. The van der Waals surface area contributed by atoms with Gasteiger partial charge in [-0.3, -0.25) is 14.7 Å². The van der Waals surface area contributed by atoms with Crippen molar-refractivity contribution in [3.63, 3.8) is 0 Å². The first-order valence-electron chi connectivity index (χ1n) is 8.30. The monoisotopic (exact) mass is 409 g/mol. The van der Waals surface area contributed by atoms with Crippen molar-refractivity contribution in [1.82, 2.24) is 9.31 Å². The van der Waals surface area contributed by atoms with Crippen LogP contribution >= 0.6 is 12.4 Å². The number of benzene rings is 2. The summed E-state index contributed by atoms with van der Waals surface area (Å²) in [7, 11) is -0.508. The molecular weight excluding hydrogens is 386 g/mol. The molecule has 1 aliphatic rings. The summed E-state index contributed by atoms with van der Waals surface area (Å²) < 4.78 is 27.3. The van der Waals surface area contributed by atoms with Gasteiger partial charge in [0.05, 0.1) is 13.1 Å². The second-order valence-electron chi connectivity index (χ2n) is 6.36. The maximum Gasteiger partial charge on any atom is 0.301 e. The summed E-state index contributed by atoms with van der Waals surface area (Å²) in [5, 5.41) is 1.67. The molecule has 9 heteroatoms. The molecule has 1 aliphatic heterocycles. The van der Waals surface area contributed by atoms with Gasteiger partial charge in [0.15, 0.2) is 0 Å². The quantitative estimate of drug-likeness (QED) is 0.712. The SMILES string of the molecule is CN(C)S(=O)(=O)Nc1ccc(Cc2ccc(C3=NCCN3N)cc2)cc1.Cl. The van der Waals surface area contributed by atoms with E-state index in [2.05, 4.69) is 21.8 Å². The van der Waals surface area contributed by atoms with Crippen LogP contribution in [0.4, 0.5) is 5.69 Å². The number of hydrogen-bond donors (Lipinski definition) is 2. The molecule has 0 radical (unpaired) electrons. The molecule has 0 amide bonds. The summed E-state index contributed by atoms with van der Waals surface area (Å²) in [5.74, 6) is 6.73. The van der Waals surface area contributed by atoms with E-state index in [0.717, 1.165) is 46.3 Å². The van der Waals surface area contributed by atoms with Crippen molar-refractivity contribution in [3.05, 3.63) is 65.2 Å². The molecule has 1 heterocycles. The summed E-state index contributed by atoms with van der Waals surface area (Å²) in [6.07, 6.45) is 0.764. The maximum atomic E-state index is 11.8. The number of rotatable bonds is 6. The number of hydrazine groups is 1. The van der Waals surface area contributed by atoms with Crippen molar-refractivity contribution >= 4 is 34.1 Å². The predicted octanol–water partition coefficient (Wildman–Crippen LogP) is 1.85. The van der Waals surface area contributed by atoms with Crippen molar-refractivity contribution in [2.24, 2.45) is 10.8 Å². The van der Waals surface area contributed by atoms with Crippen LogP contribution in [0.5, 0.6) is 0 Å². The first-order chi connectivity index (χ1) is 12.3. The Morgan fingerprint density at radius 3 is 2.11 bits per heavy atom. The molecule has 7 nitrogen and oxygen atoms in total. The standard InChI is InChI=1S/C18H23N5O2S.ClH/c1-22(2)26(24,25)21-17-9-5-15(6-10-17)13-14-3-7-16(8-4-14)18-20-11-12-23(18)19;/h3-10,21H,11-13,19H2,1-2H3;1H. The van der Waals surface area contributed by atoms with Crippen LogP contribution in [0.15, 0.2) is 53.5 Å². The molecule has 0 aliphatic carbocycles. The number of nitrogens with two attached hydrogens (primary N) is 1. The van der Waals surface area contributed by atoms with Crippen molar-refractivity contribution in [2.45, 2.75) is 6.42 Å². The summed E-state index contributed by atoms with van der Waals surface area (Å²) in [5.41, 5.74) is 3.82. The normalized spacial score (nSPS) is 14.1. The fraction of sp³-hybridized carbons (Fsp3) is 0.278. The molecule has 0 atom stereocenters. The van der Waals surface area contributed by atoms with Crippen LogP contribution in [0.25, 0.3) is 0 Å². The van der Waals surface area contributed by atoms with E-state index in [4.69, 9.17) is 5.84 Å². The second-order valence-corrected chi connectivity index (χ2v) is 8.24. The molecule has 0 aromatic heterocycles. The minimum absolute atomic E-state index is 0.